The largest absolute Gasteiger partial charge is 0.493 e. The Morgan fingerprint density at radius 2 is 1.43 bits per heavy atom. The van der Waals surface area contributed by atoms with Gasteiger partial charge >= 0.3 is 11.7 Å². The highest BCUT2D eigenvalue weighted by molar-refractivity contribution is 6.01. The van der Waals surface area contributed by atoms with Crippen LogP contribution in [0.1, 0.15) is 13.8 Å². The van der Waals surface area contributed by atoms with Crippen molar-refractivity contribution >= 4 is 28.4 Å². The van der Waals surface area contributed by atoms with E-state index in [-0.39, 0.29) is 5.69 Å². The molecule has 1 aromatic heterocycles. The molecule has 2 aromatic carbocycles. The number of imidazole rings is 1. The highest BCUT2D eigenvalue weighted by Gasteiger charge is 2.13. The monoisotopic (exact) mass is 384 g/mol. The van der Waals surface area contributed by atoms with Crippen molar-refractivity contribution < 1.29 is 14.3 Å². The molecule has 0 saturated carbocycles. The van der Waals surface area contributed by atoms with E-state index in [0.29, 0.717) is 36.0 Å². The van der Waals surface area contributed by atoms with E-state index >= 15 is 0 Å². The number of rotatable bonds is 6. The van der Waals surface area contributed by atoms with Crippen LogP contribution in [0.3, 0.4) is 0 Å². The number of benzene rings is 2. The van der Waals surface area contributed by atoms with Crippen molar-refractivity contribution in [2.45, 2.75) is 26.9 Å². The Balaban J connectivity index is 1.82. The van der Waals surface area contributed by atoms with Crippen molar-refractivity contribution in [3.05, 3.63) is 46.9 Å². The van der Waals surface area contributed by atoms with Gasteiger partial charge in [0, 0.05) is 30.5 Å². The van der Waals surface area contributed by atoms with E-state index in [1.807, 2.05) is 19.9 Å². The number of nitrogens with zero attached hydrogens (tertiary/aromatic N) is 2. The normalized spacial score (nSPS) is 10.7. The highest BCUT2D eigenvalue weighted by Crippen LogP contribution is 2.29. The van der Waals surface area contributed by atoms with Crippen LogP contribution in [-0.2, 0) is 13.1 Å². The first-order chi connectivity index (χ1) is 13.5. The van der Waals surface area contributed by atoms with Crippen molar-refractivity contribution in [1.29, 1.82) is 0 Å². The lowest BCUT2D eigenvalue weighted by Crippen LogP contribution is -2.23. The maximum Gasteiger partial charge on any atom is 0.329 e. The summed E-state index contributed by atoms with van der Waals surface area (Å²) in [5.74, 6) is 1.10. The number of carbonyl (C=O) groups excluding carboxylic acids is 1. The summed E-state index contributed by atoms with van der Waals surface area (Å²) in [4.78, 5) is 24.8. The van der Waals surface area contributed by atoms with Gasteiger partial charge in [-0.1, -0.05) is 0 Å². The van der Waals surface area contributed by atoms with E-state index in [0.717, 1.165) is 11.0 Å². The van der Waals surface area contributed by atoms with Gasteiger partial charge in [0.1, 0.15) is 0 Å². The van der Waals surface area contributed by atoms with Crippen molar-refractivity contribution in [1.82, 2.24) is 9.13 Å². The fourth-order valence-electron chi connectivity index (χ4n) is 3.22. The zero-order valence-electron chi connectivity index (χ0n) is 16.4. The van der Waals surface area contributed by atoms with Gasteiger partial charge in [0.2, 0.25) is 0 Å². The van der Waals surface area contributed by atoms with Crippen LogP contribution in [-0.4, -0.2) is 29.4 Å². The Morgan fingerprint density at radius 3 is 2.04 bits per heavy atom. The molecule has 28 heavy (non-hydrogen) atoms. The Hall–Kier alpha value is -3.42. The molecule has 2 N–H and O–H groups in total. The van der Waals surface area contributed by atoms with Crippen LogP contribution in [0, 0.1) is 0 Å². The van der Waals surface area contributed by atoms with E-state index < -0.39 is 6.03 Å². The van der Waals surface area contributed by atoms with Crippen LogP contribution in [0.5, 0.6) is 11.5 Å². The van der Waals surface area contributed by atoms with Crippen LogP contribution < -0.4 is 25.8 Å². The van der Waals surface area contributed by atoms with Crippen LogP contribution in [0.25, 0.3) is 11.0 Å². The Labute approximate surface area is 162 Å². The van der Waals surface area contributed by atoms with E-state index in [1.54, 1.807) is 46.6 Å². The summed E-state index contributed by atoms with van der Waals surface area (Å²) in [6.07, 6.45) is 0. The number of nitrogens with one attached hydrogen (secondary N) is 2. The average molecular weight is 384 g/mol. The van der Waals surface area contributed by atoms with E-state index in [4.69, 9.17) is 9.47 Å². The Bertz CT molecular complexity index is 1070. The second-order valence-electron chi connectivity index (χ2n) is 6.12. The maximum atomic E-state index is 12.4. The number of methoxy groups -OCH3 is 2. The third-order valence-corrected chi connectivity index (χ3v) is 4.55. The van der Waals surface area contributed by atoms with Crippen molar-refractivity contribution in [3.63, 3.8) is 0 Å². The van der Waals surface area contributed by atoms with E-state index in [9.17, 15) is 9.59 Å². The van der Waals surface area contributed by atoms with Crippen LogP contribution in [0.15, 0.2) is 41.2 Å². The van der Waals surface area contributed by atoms with E-state index in [2.05, 4.69) is 10.6 Å². The fraction of sp³-hybridized carbons (Fsp3) is 0.300. The zero-order chi connectivity index (χ0) is 20.3. The first-order valence-electron chi connectivity index (χ1n) is 9.05. The number of anilines is 2. The molecule has 0 radical (unpaired) electrons. The minimum Gasteiger partial charge on any atom is -0.493 e. The van der Waals surface area contributed by atoms with Crippen LogP contribution >= 0.6 is 0 Å². The summed E-state index contributed by atoms with van der Waals surface area (Å²) < 4.78 is 13.8. The fourth-order valence-corrected chi connectivity index (χ4v) is 3.22. The summed E-state index contributed by atoms with van der Waals surface area (Å²) in [7, 11) is 3.09. The molecule has 3 aromatic rings. The molecule has 1 heterocycles. The molecular weight excluding hydrogens is 360 g/mol. The molecule has 2 amide bonds. The SMILES string of the molecule is CCn1c(=O)n(CC)c2cc(NC(=O)Nc3ccc(OC)c(OC)c3)ccc21. The molecular formula is C20H24N4O4. The first kappa shape index (κ1) is 19.3. The van der Waals surface area contributed by atoms with Gasteiger partial charge in [0.05, 0.1) is 25.3 Å². The molecule has 0 aliphatic rings. The number of aryl methyl sites for hydroxylation is 2. The smallest absolute Gasteiger partial charge is 0.329 e. The van der Waals surface area contributed by atoms with Gasteiger partial charge in [0.15, 0.2) is 11.5 Å². The summed E-state index contributed by atoms with van der Waals surface area (Å²) in [6, 6.07) is 10.2. The second kappa shape index (κ2) is 8.08. The molecule has 0 saturated heterocycles. The van der Waals surface area contributed by atoms with Gasteiger partial charge in [-0.25, -0.2) is 9.59 Å². The van der Waals surface area contributed by atoms with E-state index in [1.165, 1.54) is 7.11 Å². The topological polar surface area (TPSA) is 86.5 Å². The lowest BCUT2D eigenvalue weighted by Gasteiger charge is -2.11. The molecule has 0 fully saturated rings. The number of hydrogen-bond acceptors (Lipinski definition) is 4. The predicted octanol–water partition coefficient (Wildman–Crippen LogP) is 3.50. The van der Waals surface area contributed by atoms with Gasteiger partial charge in [-0.15, -0.1) is 0 Å². The first-order valence-corrected chi connectivity index (χ1v) is 9.05. The zero-order valence-corrected chi connectivity index (χ0v) is 16.4. The Kier molecular flexibility index (Phi) is 5.58. The summed E-state index contributed by atoms with van der Waals surface area (Å²) >= 11 is 0. The maximum absolute atomic E-state index is 12.4. The molecule has 8 heteroatoms. The molecule has 0 aliphatic carbocycles. The number of urea groups is 1. The average Bonchev–Trinajstić information content (AvgIpc) is 2.97. The molecule has 0 bridgehead atoms. The van der Waals surface area contributed by atoms with Crippen molar-refractivity contribution in [2.75, 3.05) is 24.9 Å². The number of hydrogen-bond donors (Lipinski definition) is 2. The molecule has 0 aliphatic heterocycles. The van der Waals surface area contributed by atoms with Crippen LogP contribution in [0.4, 0.5) is 16.2 Å². The molecule has 148 valence electrons. The second-order valence-corrected chi connectivity index (χ2v) is 6.12. The number of amides is 2. The number of ether oxygens (including phenoxy) is 2. The van der Waals surface area contributed by atoms with Gasteiger partial charge in [-0.2, -0.15) is 0 Å². The van der Waals surface area contributed by atoms with Gasteiger partial charge in [-0.05, 0) is 44.2 Å². The molecule has 8 nitrogen and oxygen atoms in total. The molecule has 0 atom stereocenters. The number of carbonyl (C=O) groups is 1. The summed E-state index contributed by atoms with van der Waals surface area (Å²) in [5.41, 5.74) is 2.75. The lowest BCUT2D eigenvalue weighted by atomic mass is 10.2. The van der Waals surface area contributed by atoms with Crippen molar-refractivity contribution in [3.8, 4) is 11.5 Å². The molecule has 0 spiro atoms. The standard InChI is InChI=1S/C20H24N4O4/c1-5-23-15-9-7-13(11-16(15)24(6-2)20(23)26)21-19(25)22-14-8-10-17(27-3)18(12-14)28-4/h7-12H,5-6H2,1-4H3,(H2,21,22,25). The Morgan fingerprint density at radius 1 is 0.857 bits per heavy atom. The minimum absolute atomic E-state index is 0.0491. The van der Waals surface area contributed by atoms with Gasteiger partial charge in [0.25, 0.3) is 0 Å². The van der Waals surface area contributed by atoms with Crippen molar-refractivity contribution in [2.24, 2.45) is 0 Å². The predicted molar refractivity (Wildman–Crippen MR) is 110 cm³/mol. The lowest BCUT2D eigenvalue weighted by molar-refractivity contribution is 0.262. The quantitative estimate of drug-likeness (QED) is 0.681. The molecule has 0 unspecified atom stereocenters. The minimum atomic E-state index is -0.396. The third-order valence-electron chi connectivity index (χ3n) is 4.55. The van der Waals surface area contributed by atoms with Crippen LogP contribution in [0.2, 0.25) is 0 Å². The third kappa shape index (κ3) is 3.53. The highest BCUT2D eigenvalue weighted by atomic mass is 16.5. The van der Waals surface area contributed by atoms with Gasteiger partial charge in [-0.3, -0.25) is 9.13 Å². The van der Waals surface area contributed by atoms with Gasteiger partial charge < -0.3 is 20.1 Å². The number of fused-ring (bicyclic) bond motifs is 1. The number of aromatic nitrogens is 2. The molecule has 3 rings (SSSR count). The summed E-state index contributed by atoms with van der Waals surface area (Å²) in [6.45, 7) is 5.01. The summed E-state index contributed by atoms with van der Waals surface area (Å²) in [5, 5.41) is 5.56.